The molecule has 0 N–H and O–H groups in total. The Kier molecular flexibility index (Phi) is 5.09. The maximum Gasteiger partial charge on any atom is 0.417 e. The second-order valence-corrected chi connectivity index (χ2v) is 7.50. The molecule has 0 spiro atoms. The van der Waals surface area contributed by atoms with Gasteiger partial charge in [0, 0.05) is 34.9 Å². The van der Waals surface area contributed by atoms with Crippen LogP contribution in [-0.2, 0) is 12.7 Å². The fourth-order valence-corrected chi connectivity index (χ4v) is 3.80. The zero-order chi connectivity index (χ0) is 22.5. The Bertz CT molecular complexity index is 1260. The number of Topliss-reactive ketones (excluding diaryl/α,β-unsaturated/α-hetero) is 1. The Labute approximate surface area is 179 Å². The van der Waals surface area contributed by atoms with Crippen LogP contribution in [0.15, 0.2) is 41.3 Å². The van der Waals surface area contributed by atoms with Gasteiger partial charge in [-0.15, -0.1) is 0 Å². The largest absolute Gasteiger partial charge is 0.454 e. The molecule has 0 atom stereocenters. The van der Waals surface area contributed by atoms with Crippen LogP contribution in [0, 0.1) is 13.8 Å². The number of alkyl halides is 3. The van der Waals surface area contributed by atoms with Gasteiger partial charge in [0.1, 0.15) is 5.02 Å². The van der Waals surface area contributed by atoms with Crippen LogP contribution in [0.2, 0.25) is 5.02 Å². The van der Waals surface area contributed by atoms with E-state index in [4.69, 9.17) is 21.1 Å². The second-order valence-electron chi connectivity index (χ2n) is 7.09. The minimum atomic E-state index is -4.70. The molecule has 4 rings (SSSR count). The van der Waals surface area contributed by atoms with Crippen LogP contribution in [0.5, 0.6) is 11.5 Å². The number of aryl methyl sites for hydroxylation is 1. The van der Waals surface area contributed by atoms with Gasteiger partial charge in [-0.2, -0.15) is 13.2 Å². The van der Waals surface area contributed by atoms with Gasteiger partial charge in [0.25, 0.3) is 5.56 Å². The zero-order valence-electron chi connectivity index (χ0n) is 16.4. The Morgan fingerprint density at radius 2 is 1.84 bits per heavy atom. The van der Waals surface area contributed by atoms with E-state index in [0.29, 0.717) is 34.0 Å². The van der Waals surface area contributed by atoms with Gasteiger partial charge in [-0.3, -0.25) is 9.59 Å². The highest BCUT2D eigenvalue weighted by Crippen LogP contribution is 2.35. The molecule has 0 bridgehead atoms. The molecule has 0 aliphatic carbocycles. The number of benzene rings is 1. The number of carbonyl (C=O) groups is 1. The van der Waals surface area contributed by atoms with Gasteiger partial charge in [-0.25, -0.2) is 0 Å². The first-order valence-electron chi connectivity index (χ1n) is 9.15. The predicted molar refractivity (Wildman–Crippen MR) is 106 cm³/mol. The molecular weight excluding hydrogens is 437 g/mol. The summed E-state index contributed by atoms with van der Waals surface area (Å²) in [7, 11) is 0. The van der Waals surface area contributed by atoms with Crippen LogP contribution >= 0.6 is 11.6 Å². The third kappa shape index (κ3) is 3.81. The molecule has 0 saturated carbocycles. The van der Waals surface area contributed by atoms with Crippen LogP contribution in [-0.4, -0.2) is 21.7 Å². The van der Waals surface area contributed by atoms with Crippen molar-refractivity contribution >= 4 is 17.4 Å². The number of nitrogens with zero attached hydrogens (tertiary/aromatic N) is 2. The monoisotopic (exact) mass is 452 g/mol. The van der Waals surface area contributed by atoms with Crippen molar-refractivity contribution in [3.63, 3.8) is 0 Å². The maximum atomic E-state index is 13.1. The molecule has 162 valence electrons. The van der Waals surface area contributed by atoms with Gasteiger partial charge in [-0.1, -0.05) is 11.6 Å². The molecule has 0 radical (unpaired) electrons. The van der Waals surface area contributed by atoms with E-state index in [1.165, 1.54) is 0 Å². The topological polar surface area (TPSA) is 62.5 Å². The van der Waals surface area contributed by atoms with Gasteiger partial charge >= 0.3 is 6.18 Å². The van der Waals surface area contributed by atoms with Gasteiger partial charge in [0.05, 0.1) is 12.1 Å². The number of ether oxygens (including phenoxy) is 2. The average Bonchev–Trinajstić information content (AvgIpc) is 3.27. The summed E-state index contributed by atoms with van der Waals surface area (Å²) in [4.78, 5) is 25.1. The van der Waals surface area contributed by atoms with Gasteiger partial charge in [0.15, 0.2) is 17.3 Å². The first-order chi connectivity index (χ1) is 14.6. The van der Waals surface area contributed by atoms with Crippen LogP contribution < -0.4 is 15.0 Å². The number of pyridine rings is 1. The van der Waals surface area contributed by atoms with Crippen molar-refractivity contribution in [2.45, 2.75) is 26.6 Å². The Hall–Kier alpha value is -3.20. The van der Waals surface area contributed by atoms with E-state index in [0.717, 1.165) is 11.4 Å². The van der Waals surface area contributed by atoms with Crippen molar-refractivity contribution in [3.8, 4) is 17.2 Å². The molecule has 0 saturated heterocycles. The maximum absolute atomic E-state index is 13.1. The Balaban J connectivity index is 1.69. The van der Waals surface area contributed by atoms with Crippen LogP contribution in [0.3, 0.4) is 0 Å². The number of fused-ring (bicyclic) bond motifs is 1. The number of ketones is 1. The Morgan fingerprint density at radius 1 is 1.13 bits per heavy atom. The van der Waals surface area contributed by atoms with Crippen molar-refractivity contribution in [3.05, 3.63) is 74.4 Å². The predicted octanol–water partition coefficient (Wildman–Crippen LogP) is 4.54. The SMILES string of the molecule is Cc1cc(C(=O)Cn2cc(C(F)(F)F)cc(Cl)c2=O)c(C)n1-c1ccc2c(c1)OCO2. The third-order valence-corrected chi connectivity index (χ3v) is 5.30. The summed E-state index contributed by atoms with van der Waals surface area (Å²) in [6, 6.07) is 7.51. The molecule has 3 aromatic rings. The molecule has 31 heavy (non-hydrogen) atoms. The molecule has 0 unspecified atom stereocenters. The molecule has 2 aromatic heterocycles. The third-order valence-electron chi connectivity index (χ3n) is 5.03. The van der Waals surface area contributed by atoms with Crippen molar-refractivity contribution in [2.75, 3.05) is 6.79 Å². The van der Waals surface area contributed by atoms with E-state index in [-0.39, 0.29) is 12.4 Å². The summed E-state index contributed by atoms with van der Waals surface area (Å²) in [5, 5.41) is -0.603. The van der Waals surface area contributed by atoms with Crippen molar-refractivity contribution in [1.29, 1.82) is 0 Å². The van der Waals surface area contributed by atoms with Crippen molar-refractivity contribution < 1.29 is 27.4 Å². The molecule has 3 heterocycles. The van der Waals surface area contributed by atoms with Crippen LogP contribution in [0.1, 0.15) is 27.3 Å². The number of carbonyl (C=O) groups excluding carboxylic acids is 1. The average molecular weight is 453 g/mol. The summed E-state index contributed by atoms with van der Waals surface area (Å²) in [5.41, 5.74) is 0.359. The summed E-state index contributed by atoms with van der Waals surface area (Å²) in [6.07, 6.45) is -4.10. The lowest BCUT2D eigenvalue weighted by atomic mass is 10.1. The molecular formula is C21H16ClF3N2O4. The minimum absolute atomic E-state index is 0.125. The van der Waals surface area contributed by atoms with Crippen molar-refractivity contribution in [2.24, 2.45) is 0 Å². The summed E-state index contributed by atoms with van der Waals surface area (Å²) in [6.45, 7) is 3.06. The Morgan fingerprint density at radius 3 is 2.55 bits per heavy atom. The lowest BCUT2D eigenvalue weighted by Gasteiger charge is -2.12. The number of halogens is 4. The standard InChI is InChI=1S/C21H16ClF3N2O4/c1-11-5-15(12(2)27(11)14-3-4-18-19(7-14)31-10-30-18)17(28)9-26-8-13(21(23,24)25)6-16(22)20(26)29/h3-8H,9-10H2,1-2H3. The molecule has 1 aliphatic rings. The molecule has 0 fully saturated rings. The van der Waals surface area contributed by atoms with Gasteiger partial charge in [0.2, 0.25) is 6.79 Å². The highest BCUT2D eigenvalue weighted by atomic mass is 35.5. The van der Waals surface area contributed by atoms with Crippen LogP contribution in [0.4, 0.5) is 13.2 Å². The zero-order valence-corrected chi connectivity index (χ0v) is 17.2. The van der Waals surface area contributed by atoms with E-state index >= 15 is 0 Å². The fourth-order valence-electron chi connectivity index (χ4n) is 3.58. The number of hydrogen-bond acceptors (Lipinski definition) is 4. The number of aromatic nitrogens is 2. The molecule has 1 aromatic carbocycles. The first kappa shape index (κ1) is 21.0. The van der Waals surface area contributed by atoms with E-state index in [2.05, 4.69) is 0 Å². The highest BCUT2D eigenvalue weighted by Gasteiger charge is 2.32. The van der Waals surface area contributed by atoms with Gasteiger partial charge in [-0.05, 0) is 38.1 Å². The lowest BCUT2D eigenvalue weighted by molar-refractivity contribution is -0.138. The van der Waals surface area contributed by atoms with E-state index in [1.807, 2.05) is 4.57 Å². The van der Waals surface area contributed by atoms with E-state index < -0.39 is 34.6 Å². The fraction of sp³-hybridized carbons (Fsp3) is 0.238. The minimum Gasteiger partial charge on any atom is -0.454 e. The summed E-state index contributed by atoms with van der Waals surface area (Å²) in [5.74, 6) is 0.670. The van der Waals surface area contributed by atoms with Gasteiger partial charge < -0.3 is 18.6 Å². The number of hydrogen-bond donors (Lipinski definition) is 0. The molecule has 10 heteroatoms. The van der Waals surface area contributed by atoms with E-state index in [9.17, 15) is 22.8 Å². The van der Waals surface area contributed by atoms with Crippen LogP contribution in [0.25, 0.3) is 5.69 Å². The summed E-state index contributed by atoms with van der Waals surface area (Å²) >= 11 is 5.67. The second kappa shape index (κ2) is 7.49. The molecule has 0 amide bonds. The summed E-state index contributed by atoms with van der Waals surface area (Å²) < 4.78 is 52.4. The molecule has 6 nitrogen and oxygen atoms in total. The highest BCUT2D eigenvalue weighted by molar-refractivity contribution is 6.30. The normalized spacial score (nSPS) is 13.0. The number of rotatable bonds is 4. The first-order valence-corrected chi connectivity index (χ1v) is 9.53. The van der Waals surface area contributed by atoms with Crippen molar-refractivity contribution in [1.82, 2.24) is 9.13 Å². The lowest BCUT2D eigenvalue weighted by Crippen LogP contribution is -2.26. The quantitative estimate of drug-likeness (QED) is 0.545. The smallest absolute Gasteiger partial charge is 0.417 e. The van der Waals surface area contributed by atoms with E-state index in [1.54, 1.807) is 38.1 Å². The molecule has 1 aliphatic heterocycles.